The monoisotopic (exact) mass is 261 g/mol. The van der Waals surface area contributed by atoms with Crippen molar-refractivity contribution < 1.29 is 4.79 Å². The van der Waals surface area contributed by atoms with Crippen LogP contribution in [0.4, 0.5) is 0 Å². The lowest BCUT2D eigenvalue weighted by Crippen LogP contribution is -2.43. The van der Waals surface area contributed by atoms with E-state index in [4.69, 9.17) is 5.73 Å². The lowest BCUT2D eigenvalue weighted by Gasteiger charge is -2.19. The number of Topliss-reactive ketones (excluding diaryl/α,β-unsaturated/α-hetero) is 1. The van der Waals surface area contributed by atoms with E-state index in [0.717, 1.165) is 4.47 Å². The van der Waals surface area contributed by atoms with Crippen molar-refractivity contribution in [2.45, 2.75) is 25.8 Å². The SMILES string of the molecule is CCC(C)(N)C(=O)c1sccc1Br. The fourth-order valence-corrected chi connectivity index (χ4v) is 2.50. The molecule has 0 aliphatic heterocycles. The maximum atomic E-state index is 11.8. The Morgan fingerprint density at radius 3 is 2.77 bits per heavy atom. The molecule has 1 aromatic heterocycles. The molecule has 1 heterocycles. The topological polar surface area (TPSA) is 43.1 Å². The first kappa shape index (κ1) is 10.9. The molecule has 0 bridgehead atoms. The van der Waals surface area contributed by atoms with Gasteiger partial charge in [-0.2, -0.15) is 0 Å². The third-order valence-electron chi connectivity index (χ3n) is 2.08. The van der Waals surface area contributed by atoms with Gasteiger partial charge >= 0.3 is 0 Å². The van der Waals surface area contributed by atoms with Crippen LogP contribution in [-0.4, -0.2) is 11.3 Å². The van der Waals surface area contributed by atoms with Crippen LogP contribution in [-0.2, 0) is 0 Å². The van der Waals surface area contributed by atoms with Crippen LogP contribution in [0.15, 0.2) is 15.9 Å². The van der Waals surface area contributed by atoms with Crippen molar-refractivity contribution in [2.24, 2.45) is 5.73 Å². The summed E-state index contributed by atoms with van der Waals surface area (Å²) in [7, 11) is 0. The van der Waals surface area contributed by atoms with Crippen LogP contribution >= 0.6 is 27.3 Å². The van der Waals surface area contributed by atoms with Crippen molar-refractivity contribution in [3.8, 4) is 0 Å². The van der Waals surface area contributed by atoms with Gasteiger partial charge in [-0.25, -0.2) is 0 Å². The summed E-state index contributed by atoms with van der Waals surface area (Å²) in [4.78, 5) is 12.5. The van der Waals surface area contributed by atoms with Crippen LogP contribution in [0.3, 0.4) is 0 Å². The smallest absolute Gasteiger partial charge is 0.193 e. The van der Waals surface area contributed by atoms with E-state index in [1.54, 1.807) is 6.92 Å². The van der Waals surface area contributed by atoms with Gasteiger partial charge in [0.25, 0.3) is 0 Å². The van der Waals surface area contributed by atoms with Crippen LogP contribution in [0.5, 0.6) is 0 Å². The van der Waals surface area contributed by atoms with Crippen molar-refractivity contribution in [1.29, 1.82) is 0 Å². The highest BCUT2D eigenvalue weighted by atomic mass is 79.9. The number of hydrogen-bond donors (Lipinski definition) is 1. The molecule has 2 N–H and O–H groups in total. The van der Waals surface area contributed by atoms with Crippen molar-refractivity contribution in [2.75, 3.05) is 0 Å². The summed E-state index contributed by atoms with van der Waals surface area (Å²) < 4.78 is 0.840. The average molecular weight is 262 g/mol. The van der Waals surface area contributed by atoms with Crippen LogP contribution in [0, 0.1) is 0 Å². The first-order chi connectivity index (χ1) is 5.99. The zero-order chi connectivity index (χ0) is 10.1. The maximum Gasteiger partial charge on any atom is 0.193 e. The van der Waals surface area contributed by atoms with E-state index in [9.17, 15) is 4.79 Å². The second-order valence-corrected chi connectivity index (χ2v) is 4.97. The molecule has 2 nitrogen and oxygen atoms in total. The molecule has 4 heteroatoms. The summed E-state index contributed by atoms with van der Waals surface area (Å²) in [6, 6.07) is 1.86. The lowest BCUT2D eigenvalue weighted by molar-refractivity contribution is 0.0901. The summed E-state index contributed by atoms with van der Waals surface area (Å²) >= 11 is 4.75. The molecule has 0 radical (unpaired) electrons. The Balaban J connectivity index is 2.98. The van der Waals surface area contributed by atoms with Crippen LogP contribution < -0.4 is 5.73 Å². The van der Waals surface area contributed by atoms with E-state index in [-0.39, 0.29) is 5.78 Å². The quantitative estimate of drug-likeness (QED) is 0.851. The van der Waals surface area contributed by atoms with Gasteiger partial charge in [-0.1, -0.05) is 6.92 Å². The largest absolute Gasteiger partial charge is 0.319 e. The molecule has 0 aliphatic carbocycles. The Hall–Kier alpha value is -0.190. The number of thiophene rings is 1. The van der Waals surface area contributed by atoms with Crippen molar-refractivity contribution >= 4 is 33.0 Å². The minimum Gasteiger partial charge on any atom is -0.319 e. The van der Waals surface area contributed by atoms with Crippen molar-refractivity contribution in [3.05, 3.63) is 20.8 Å². The Kier molecular flexibility index (Phi) is 3.27. The highest BCUT2D eigenvalue weighted by Crippen LogP contribution is 2.26. The van der Waals surface area contributed by atoms with Crippen LogP contribution in [0.1, 0.15) is 29.9 Å². The molecule has 0 aliphatic rings. The summed E-state index contributed by atoms with van der Waals surface area (Å²) in [5, 5.41) is 1.88. The molecule has 0 saturated heterocycles. The fourth-order valence-electron chi connectivity index (χ4n) is 0.876. The summed E-state index contributed by atoms with van der Waals surface area (Å²) in [6.45, 7) is 3.68. The molecule has 0 spiro atoms. The van der Waals surface area contributed by atoms with Gasteiger partial charge < -0.3 is 5.73 Å². The fraction of sp³-hybridized carbons (Fsp3) is 0.444. The van der Waals surface area contributed by atoms with Gasteiger partial charge in [-0.3, -0.25) is 4.79 Å². The molecule has 1 rings (SSSR count). The number of hydrogen-bond acceptors (Lipinski definition) is 3. The molecule has 1 aromatic rings. The van der Waals surface area contributed by atoms with Gasteiger partial charge in [0.2, 0.25) is 0 Å². The standard InChI is InChI=1S/C9H12BrNOS/c1-3-9(2,11)8(12)7-6(10)4-5-13-7/h4-5H,3,11H2,1-2H3. The van der Waals surface area contributed by atoms with Crippen molar-refractivity contribution in [3.63, 3.8) is 0 Å². The summed E-state index contributed by atoms with van der Waals surface area (Å²) in [6.07, 6.45) is 0.649. The molecule has 13 heavy (non-hydrogen) atoms. The number of rotatable bonds is 3. The zero-order valence-electron chi connectivity index (χ0n) is 7.63. The Morgan fingerprint density at radius 2 is 2.38 bits per heavy atom. The van der Waals surface area contributed by atoms with E-state index >= 15 is 0 Å². The van der Waals surface area contributed by atoms with E-state index in [0.29, 0.717) is 11.3 Å². The van der Waals surface area contributed by atoms with Gasteiger partial charge in [0, 0.05) is 4.47 Å². The Morgan fingerprint density at radius 1 is 1.77 bits per heavy atom. The minimum absolute atomic E-state index is 0.0110. The normalized spacial score (nSPS) is 15.4. The first-order valence-corrected chi connectivity index (χ1v) is 5.73. The second-order valence-electron chi connectivity index (χ2n) is 3.20. The Labute approximate surface area is 90.3 Å². The van der Waals surface area contributed by atoms with E-state index < -0.39 is 5.54 Å². The number of ketones is 1. The van der Waals surface area contributed by atoms with Gasteiger partial charge in [0.05, 0.1) is 10.4 Å². The van der Waals surface area contributed by atoms with E-state index in [1.165, 1.54) is 11.3 Å². The average Bonchev–Trinajstić information content (AvgIpc) is 2.50. The summed E-state index contributed by atoms with van der Waals surface area (Å²) in [5.74, 6) is 0.0110. The third kappa shape index (κ3) is 2.18. The first-order valence-electron chi connectivity index (χ1n) is 4.05. The van der Waals surface area contributed by atoms with E-state index in [1.807, 2.05) is 18.4 Å². The van der Waals surface area contributed by atoms with Crippen molar-refractivity contribution in [1.82, 2.24) is 0 Å². The van der Waals surface area contributed by atoms with Gasteiger partial charge in [-0.15, -0.1) is 11.3 Å². The summed E-state index contributed by atoms with van der Waals surface area (Å²) in [5.41, 5.74) is 5.11. The third-order valence-corrected chi connectivity index (χ3v) is 3.91. The van der Waals surface area contributed by atoms with Crippen LogP contribution in [0.25, 0.3) is 0 Å². The number of carbonyl (C=O) groups is 1. The molecule has 0 saturated carbocycles. The Bertz CT molecular complexity index is 319. The molecule has 1 atom stereocenters. The molecule has 0 amide bonds. The van der Waals surface area contributed by atoms with E-state index in [2.05, 4.69) is 15.9 Å². The van der Waals surface area contributed by atoms with Gasteiger partial charge in [0.15, 0.2) is 5.78 Å². The van der Waals surface area contributed by atoms with Gasteiger partial charge in [-0.05, 0) is 40.7 Å². The minimum atomic E-state index is -0.743. The number of nitrogens with two attached hydrogens (primary N) is 1. The predicted molar refractivity (Wildman–Crippen MR) is 59.2 cm³/mol. The molecular formula is C9H12BrNOS. The highest BCUT2D eigenvalue weighted by Gasteiger charge is 2.29. The number of carbonyl (C=O) groups excluding carboxylic acids is 1. The molecular weight excluding hydrogens is 250 g/mol. The molecule has 0 aromatic carbocycles. The highest BCUT2D eigenvalue weighted by molar-refractivity contribution is 9.10. The lowest BCUT2D eigenvalue weighted by atomic mass is 9.94. The molecule has 1 unspecified atom stereocenters. The maximum absolute atomic E-state index is 11.8. The van der Waals surface area contributed by atoms with Crippen LogP contribution in [0.2, 0.25) is 0 Å². The zero-order valence-corrected chi connectivity index (χ0v) is 10.0. The van der Waals surface area contributed by atoms with Gasteiger partial charge in [0.1, 0.15) is 0 Å². The molecule has 72 valence electrons. The second kappa shape index (κ2) is 3.90. The number of halogens is 1. The predicted octanol–water partition coefficient (Wildman–Crippen LogP) is 2.82. The molecule has 0 fully saturated rings.